The molecule has 2 aromatic carbocycles. The highest BCUT2D eigenvalue weighted by Crippen LogP contribution is 2.26. The molecule has 1 heterocycles. The molecule has 0 unspecified atom stereocenters. The number of hydrogen-bond acceptors (Lipinski definition) is 4. The van der Waals surface area contributed by atoms with E-state index >= 15 is 0 Å². The van der Waals surface area contributed by atoms with Crippen LogP contribution in [-0.4, -0.2) is 41.0 Å². The maximum atomic E-state index is 13.1. The molecule has 2 aromatic rings. The maximum absolute atomic E-state index is 13.1. The Morgan fingerprint density at radius 2 is 1.78 bits per heavy atom. The second-order valence-electron chi connectivity index (χ2n) is 8.55. The largest absolute Gasteiger partial charge is 0.460 e. The summed E-state index contributed by atoms with van der Waals surface area (Å²) in [6.07, 6.45) is 0. The molecule has 2 atom stereocenters. The third-order valence-corrected chi connectivity index (χ3v) is 5.53. The van der Waals surface area contributed by atoms with Gasteiger partial charge in [-0.2, -0.15) is 0 Å². The van der Waals surface area contributed by atoms with Crippen LogP contribution < -0.4 is 10.6 Å². The van der Waals surface area contributed by atoms with Crippen LogP contribution in [0.5, 0.6) is 0 Å². The van der Waals surface area contributed by atoms with Gasteiger partial charge < -0.3 is 20.3 Å². The maximum Gasteiger partial charge on any atom is 0.319 e. The van der Waals surface area contributed by atoms with Gasteiger partial charge in [0.25, 0.3) is 0 Å². The molecule has 1 fully saturated rings. The molecule has 1 saturated heterocycles. The molecule has 7 nitrogen and oxygen atoms in total. The SMILES string of the molecule is CC(C)(C)OC(=O)[C@H]1CN(Cc2ccccc2)C(=O)[C@H]1NC(=O)Nc1ccc(Cl)c(Cl)c1. The molecular weight excluding hydrogens is 453 g/mol. The molecule has 2 N–H and O–H groups in total. The first-order chi connectivity index (χ1) is 15.0. The summed E-state index contributed by atoms with van der Waals surface area (Å²) in [7, 11) is 0. The van der Waals surface area contributed by atoms with E-state index in [1.165, 1.54) is 6.07 Å². The first-order valence-corrected chi connectivity index (χ1v) is 10.9. The van der Waals surface area contributed by atoms with Crippen molar-refractivity contribution in [1.29, 1.82) is 0 Å². The van der Waals surface area contributed by atoms with Crippen molar-refractivity contribution >= 4 is 46.8 Å². The summed E-state index contributed by atoms with van der Waals surface area (Å²) < 4.78 is 5.51. The van der Waals surface area contributed by atoms with Gasteiger partial charge in [0, 0.05) is 18.8 Å². The van der Waals surface area contributed by atoms with Gasteiger partial charge in [-0.25, -0.2) is 4.79 Å². The van der Waals surface area contributed by atoms with Crippen LogP contribution in [-0.2, 0) is 20.9 Å². The molecule has 3 amide bonds. The fourth-order valence-electron chi connectivity index (χ4n) is 3.38. The summed E-state index contributed by atoms with van der Waals surface area (Å²) in [5.74, 6) is -1.74. The minimum atomic E-state index is -1.06. The van der Waals surface area contributed by atoms with Crippen molar-refractivity contribution in [2.45, 2.75) is 39.0 Å². The van der Waals surface area contributed by atoms with Crippen LogP contribution in [0.4, 0.5) is 10.5 Å². The van der Waals surface area contributed by atoms with Crippen LogP contribution in [0.25, 0.3) is 0 Å². The molecule has 0 saturated carbocycles. The number of urea groups is 1. The zero-order valence-corrected chi connectivity index (χ0v) is 19.5. The van der Waals surface area contributed by atoms with Gasteiger partial charge in [-0.3, -0.25) is 9.59 Å². The van der Waals surface area contributed by atoms with Gasteiger partial charge in [0.1, 0.15) is 17.6 Å². The molecule has 0 radical (unpaired) electrons. The number of carbonyl (C=O) groups is 3. The Morgan fingerprint density at radius 3 is 2.41 bits per heavy atom. The van der Waals surface area contributed by atoms with Crippen molar-refractivity contribution in [3.63, 3.8) is 0 Å². The third-order valence-electron chi connectivity index (χ3n) is 4.79. The van der Waals surface area contributed by atoms with E-state index in [1.807, 2.05) is 30.3 Å². The van der Waals surface area contributed by atoms with Crippen molar-refractivity contribution in [3.05, 3.63) is 64.1 Å². The first-order valence-electron chi connectivity index (χ1n) is 10.1. The first kappa shape index (κ1) is 23.9. The molecule has 0 aliphatic carbocycles. The summed E-state index contributed by atoms with van der Waals surface area (Å²) in [6, 6.07) is 12.4. The van der Waals surface area contributed by atoms with E-state index in [9.17, 15) is 14.4 Å². The van der Waals surface area contributed by atoms with Crippen molar-refractivity contribution in [2.75, 3.05) is 11.9 Å². The Morgan fingerprint density at radius 1 is 1.09 bits per heavy atom. The number of amides is 3. The van der Waals surface area contributed by atoms with Gasteiger partial charge in [0.2, 0.25) is 5.91 Å². The van der Waals surface area contributed by atoms with Gasteiger partial charge in [0.15, 0.2) is 0 Å². The van der Waals surface area contributed by atoms with Gasteiger partial charge in [0.05, 0.1) is 10.0 Å². The third kappa shape index (κ3) is 6.14. The number of likely N-dealkylation sites (tertiary alicyclic amines) is 1. The second kappa shape index (κ2) is 9.79. The summed E-state index contributed by atoms with van der Waals surface area (Å²) in [5.41, 5.74) is 0.599. The fourth-order valence-corrected chi connectivity index (χ4v) is 3.68. The zero-order valence-electron chi connectivity index (χ0n) is 18.0. The van der Waals surface area contributed by atoms with Crippen molar-refractivity contribution in [1.82, 2.24) is 10.2 Å². The number of hydrogen-bond donors (Lipinski definition) is 2. The highest BCUT2D eigenvalue weighted by atomic mass is 35.5. The van der Waals surface area contributed by atoms with Gasteiger partial charge in [-0.1, -0.05) is 53.5 Å². The molecule has 1 aliphatic rings. The number of rotatable bonds is 5. The Bertz CT molecular complexity index is 1010. The summed E-state index contributed by atoms with van der Waals surface area (Å²) in [6.45, 7) is 5.72. The van der Waals surface area contributed by atoms with Crippen LogP contribution in [0.1, 0.15) is 26.3 Å². The van der Waals surface area contributed by atoms with Gasteiger partial charge in [-0.15, -0.1) is 0 Å². The molecular formula is C23H25Cl2N3O4. The Kier molecular flexibility index (Phi) is 7.31. The van der Waals surface area contributed by atoms with E-state index in [0.717, 1.165) is 5.56 Å². The van der Waals surface area contributed by atoms with E-state index in [-0.39, 0.29) is 17.5 Å². The van der Waals surface area contributed by atoms with Crippen LogP contribution in [0, 0.1) is 5.92 Å². The topological polar surface area (TPSA) is 87.7 Å². The number of benzene rings is 2. The molecule has 9 heteroatoms. The highest BCUT2D eigenvalue weighted by molar-refractivity contribution is 6.42. The molecule has 32 heavy (non-hydrogen) atoms. The zero-order chi connectivity index (χ0) is 23.5. The summed E-state index contributed by atoms with van der Waals surface area (Å²) in [5, 5.41) is 5.87. The van der Waals surface area contributed by atoms with Crippen molar-refractivity contribution in [3.8, 4) is 0 Å². The highest BCUT2D eigenvalue weighted by Gasteiger charge is 2.46. The van der Waals surface area contributed by atoms with E-state index < -0.39 is 29.6 Å². The molecule has 3 rings (SSSR count). The quantitative estimate of drug-likeness (QED) is 0.621. The average molecular weight is 478 g/mol. The average Bonchev–Trinajstić information content (AvgIpc) is 3.00. The van der Waals surface area contributed by atoms with Crippen molar-refractivity contribution in [2.24, 2.45) is 5.92 Å². The van der Waals surface area contributed by atoms with Crippen LogP contribution in [0.3, 0.4) is 0 Å². The van der Waals surface area contributed by atoms with Gasteiger partial charge >= 0.3 is 12.0 Å². The number of ether oxygens (including phenoxy) is 1. The Hall–Kier alpha value is -2.77. The Balaban J connectivity index is 1.76. The summed E-state index contributed by atoms with van der Waals surface area (Å²) in [4.78, 5) is 40.1. The lowest BCUT2D eigenvalue weighted by Gasteiger charge is -2.24. The van der Waals surface area contributed by atoms with Crippen LogP contribution in [0.15, 0.2) is 48.5 Å². The normalized spacial score (nSPS) is 18.4. The molecule has 1 aliphatic heterocycles. The lowest BCUT2D eigenvalue weighted by Crippen LogP contribution is -2.48. The van der Waals surface area contributed by atoms with E-state index in [1.54, 1.807) is 37.8 Å². The number of carbonyl (C=O) groups excluding carboxylic acids is 3. The number of esters is 1. The number of nitrogens with one attached hydrogen (secondary N) is 2. The molecule has 170 valence electrons. The van der Waals surface area contributed by atoms with E-state index in [4.69, 9.17) is 27.9 Å². The van der Waals surface area contributed by atoms with Crippen LogP contribution in [0.2, 0.25) is 10.0 Å². The molecule has 0 bridgehead atoms. The van der Waals surface area contributed by atoms with Crippen molar-refractivity contribution < 1.29 is 19.1 Å². The molecule has 0 spiro atoms. The lowest BCUT2D eigenvalue weighted by atomic mass is 10.0. The van der Waals surface area contributed by atoms with Crippen LogP contribution >= 0.6 is 23.2 Å². The standard InChI is InChI=1S/C23H25Cl2N3O4/c1-23(2,3)32-21(30)16-13-28(12-14-7-5-4-6-8-14)20(29)19(16)27-22(31)26-15-9-10-17(24)18(25)11-15/h4-11,16,19H,12-13H2,1-3H3,(H2,26,27,31)/t16-,19-/m0/s1. The predicted molar refractivity (Wildman–Crippen MR) is 124 cm³/mol. The molecule has 0 aromatic heterocycles. The minimum Gasteiger partial charge on any atom is -0.460 e. The lowest BCUT2D eigenvalue weighted by molar-refractivity contribution is -0.160. The minimum absolute atomic E-state index is 0.139. The monoisotopic (exact) mass is 477 g/mol. The number of halogens is 2. The van der Waals surface area contributed by atoms with E-state index in [2.05, 4.69) is 10.6 Å². The fraction of sp³-hybridized carbons (Fsp3) is 0.348. The van der Waals surface area contributed by atoms with Gasteiger partial charge in [-0.05, 0) is 44.5 Å². The second-order valence-corrected chi connectivity index (χ2v) is 9.36. The van der Waals surface area contributed by atoms with E-state index in [0.29, 0.717) is 17.3 Å². The number of anilines is 1. The predicted octanol–water partition coefficient (Wildman–Crippen LogP) is 4.48. The number of nitrogens with zero attached hydrogens (tertiary/aromatic N) is 1. The summed E-state index contributed by atoms with van der Waals surface area (Å²) >= 11 is 11.9. The smallest absolute Gasteiger partial charge is 0.319 e. The Labute approximate surface area is 197 Å².